The lowest BCUT2D eigenvalue weighted by molar-refractivity contribution is -0.140. The van der Waals surface area contributed by atoms with Crippen LogP contribution < -0.4 is 5.32 Å². The van der Waals surface area contributed by atoms with Crippen LogP contribution >= 0.6 is 11.3 Å². The van der Waals surface area contributed by atoms with Gasteiger partial charge in [-0.15, -0.1) is 11.3 Å². The second kappa shape index (κ2) is 7.61. The summed E-state index contributed by atoms with van der Waals surface area (Å²) in [6.45, 7) is 1.73. The predicted octanol–water partition coefficient (Wildman–Crippen LogP) is 2.75. The van der Waals surface area contributed by atoms with Gasteiger partial charge in [-0.2, -0.15) is 0 Å². The van der Waals surface area contributed by atoms with Crippen LogP contribution in [0.1, 0.15) is 30.2 Å². The molecule has 0 radical (unpaired) electrons. The zero-order valence-electron chi connectivity index (χ0n) is 13.7. The molecule has 1 aliphatic rings. The number of thiazole rings is 1. The number of methoxy groups -OCH3 is 1. The fraction of sp³-hybridized carbons (Fsp3) is 0.471. The second-order valence-corrected chi connectivity index (χ2v) is 6.90. The lowest BCUT2D eigenvalue weighted by Crippen LogP contribution is -2.44. The van der Waals surface area contributed by atoms with E-state index in [1.54, 1.807) is 16.2 Å². The van der Waals surface area contributed by atoms with Crippen molar-refractivity contribution in [2.75, 3.05) is 26.7 Å². The molecule has 1 saturated heterocycles. The number of para-hydroxylation sites is 1. The van der Waals surface area contributed by atoms with Crippen molar-refractivity contribution in [3.8, 4) is 0 Å². The van der Waals surface area contributed by atoms with E-state index in [0.717, 1.165) is 18.4 Å². The molecule has 0 spiro atoms. The minimum absolute atomic E-state index is 0.110. The summed E-state index contributed by atoms with van der Waals surface area (Å²) in [6.07, 6.45) is 2.04. The summed E-state index contributed by atoms with van der Waals surface area (Å²) >= 11 is 1.75. The number of likely N-dealkylation sites (tertiary alicyclic amines) is 1. The smallest absolute Gasteiger partial charge is 0.317 e. The molecule has 0 saturated carbocycles. The molecular formula is C17H21N3O3S. The summed E-state index contributed by atoms with van der Waals surface area (Å²) in [5.41, 5.74) is 1.06. The minimum atomic E-state index is -0.315. The van der Waals surface area contributed by atoms with Crippen molar-refractivity contribution in [1.82, 2.24) is 15.2 Å². The largest absolute Gasteiger partial charge is 0.469 e. The summed E-state index contributed by atoms with van der Waals surface area (Å²) < 4.78 is 5.77. The molecular weight excluding hydrogens is 326 g/mol. The van der Waals surface area contributed by atoms with Gasteiger partial charge in [0.25, 0.3) is 0 Å². The van der Waals surface area contributed by atoms with Crippen LogP contribution in [0.15, 0.2) is 24.3 Å². The van der Waals surface area contributed by atoms with E-state index in [4.69, 9.17) is 4.98 Å². The van der Waals surface area contributed by atoms with Gasteiger partial charge in [-0.1, -0.05) is 12.1 Å². The first-order valence-corrected chi connectivity index (χ1v) is 8.94. The van der Waals surface area contributed by atoms with E-state index < -0.39 is 0 Å². The van der Waals surface area contributed by atoms with Gasteiger partial charge in [-0.25, -0.2) is 9.78 Å². The zero-order valence-corrected chi connectivity index (χ0v) is 14.5. The van der Waals surface area contributed by atoms with Gasteiger partial charge in [-0.3, -0.25) is 4.79 Å². The van der Waals surface area contributed by atoms with Crippen LogP contribution in [0.2, 0.25) is 0 Å². The molecule has 1 aromatic carbocycles. The molecule has 2 amide bonds. The third-order valence-corrected chi connectivity index (χ3v) is 5.47. The first kappa shape index (κ1) is 16.7. The third kappa shape index (κ3) is 3.84. The highest BCUT2D eigenvalue weighted by Crippen LogP contribution is 2.33. The van der Waals surface area contributed by atoms with Gasteiger partial charge in [0.15, 0.2) is 0 Å². The molecule has 128 valence electrons. The fourth-order valence-electron chi connectivity index (χ4n) is 2.88. The predicted molar refractivity (Wildman–Crippen MR) is 93.2 cm³/mol. The van der Waals surface area contributed by atoms with Crippen LogP contribution in [0, 0.1) is 0 Å². The number of piperidine rings is 1. The Morgan fingerprint density at radius 1 is 1.33 bits per heavy atom. The van der Waals surface area contributed by atoms with E-state index in [9.17, 15) is 9.59 Å². The Balaban J connectivity index is 1.50. The van der Waals surface area contributed by atoms with Crippen molar-refractivity contribution in [2.24, 2.45) is 0 Å². The molecule has 1 aromatic heterocycles. The van der Waals surface area contributed by atoms with Gasteiger partial charge in [0, 0.05) is 25.6 Å². The Hall–Kier alpha value is -2.15. The van der Waals surface area contributed by atoms with Gasteiger partial charge in [0.2, 0.25) is 0 Å². The van der Waals surface area contributed by atoms with Gasteiger partial charge in [0.1, 0.15) is 0 Å². The molecule has 0 unspecified atom stereocenters. The van der Waals surface area contributed by atoms with Crippen molar-refractivity contribution in [2.45, 2.75) is 25.2 Å². The van der Waals surface area contributed by atoms with Gasteiger partial charge in [-0.05, 0) is 25.0 Å². The highest BCUT2D eigenvalue weighted by molar-refractivity contribution is 7.18. The number of carbonyl (C=O) groups excluding carboxylic acids is 2. The maximum absolute atomic E-state index is 12.1. The number of amides is 2. The Morgan fingerprint density at radius 3 is 2.79 bits per heavy atom. The number of urea groups is 1. The summed E-state index contributed by atoms with van der Waals surface area (Å²) in [7, 11) is 1.34. The Morgan fingerprint density at radius 2 is 2.08 bits per heavy atom. The topological polar surface area (TPSA) is 71.5 Å². The number of ether oxygens (including phenoxy) is 1. The molecule has 6 nitrogen and oxygen atoms in total. The lowest BCUT2D eigenvalue weighted by Gasteiger charge is -2.31. The van der Waals surface area contributed by atoms with E-state index in [0.29, 0.717) is 25.6 Å². The molecule has 1 aliphatic heterocycles. The summed E-state index contributed by atoms with van der Waals surface area (Å²) in [4.78, 5) is 29.7. The average molecular weight is 347 g/mol. The number of fused-ring (bicyclic) bond motifs is 1. The number of carbonyl (C=O) groups is 2. The number of esters is 1. The fourth-order valence-corrected chi connectivity index (χ4v) is 4.02. The van der Waals surface area contributed by atoms with Gasteiger partial charge < -0.3 is 15.0 Å². The molecule has 2 aromatic rings. The first-order chi connectivity index (χ1) is 11.7. The van der Waals surface area contributed by atoms with E-state index >= 15 is 0 Å². The highest BCUT2D eigenvalue weighted by Gasteiger charge is 2.25. The van der Waals surface area contributed by atoms with E-state index in [-0.39, 0.29) is 18.4 Å². The standard InChI is InChI=1S/C17H21N3O3S/c1-23-15(21)6-9-18-17(22)20-10-7-12(8-11-20)16-19-13-4-2-3-5-14(13)24-16/h2-5,12H,6-11H2,1H3,(H,18,22). The Bertz CT molecular complexity index is 690. The Kier molecular flexibility index (Phi) is 5.30. The van der Waals surface area contributed by atoms with Crippen LogP contribution in [0.5, 0.6) is 0 Å². The van der Waals surface area contributed by atoms with Gasteiger partial charge in [0.05, 0.1) is 28.8 Å². The van der Waals surface area contributed by atoms with Crippen LogP contribution in [0.25, 0.3) is 10.2 Å². The molecule has 1 fully saturated rings. The summed E-state index contributed by atoms with van der Waals surface area (Å²) in [6, 6.07) is 8.07. The molecule has 24 heavy (non-hydrogen) atoms. The summed E-state index contributed by atoms with van der Waals surface area (Å²) in [5, 5.41) is 3.94. The molecule has 2 heterocycles. The van der Waals surface area contributed by atoms with Crippen molar-refractivity contribution < 1.29 is 14.3 Å². The van der Waals surface area contributed by atoms with Gasteiger partial charge >= 0.3 is 12.0 Å². The molecule has 0 atom stereocenters. The first-order valence-electron chi connectivity index (χ1n) is 8.12. The second-order valence-electron chi connectivity index (χ2n) is 5.84. The summed E-state index contributed by atoms with van der Waals surface area (Å²) in [5.74, 6) is 0.103. The quantitative estimate of drug-likeness (QED) is 0.863. The lowest BCUT2D eigenvalue weighted by atomic mass is 9.98. The zero-order chi connectivity index (χ0) is 16.9. The van der Waals surface area contributed by atoms with Crippen LogP contribution in [-0.4, -0.2) is 48.6 Å². The number of nitrogens with zero attached hydrogens (tertiary/aromatic N) is 2. The van der Waals surface area contributed by atoms with Crippen molar-refractivity contribution in [3.05, 3.63) is 29.3 Å². The van der Waals surface area contributed by atoms with Crippen LogP contribution in [0.3, 0.4) is 0 Å². The van der Waals surface area contributed by atoms with Crippen LogP contribution in [0.4, 0.5) is 4.79 Å². The molecule has 1 N–H and O–H groups in total. The Labute approximate surface area is 144 Å². The molecule has 7 heteroatoms. The molecule has 3 rings (SSSR count). The van der Waals surface area contributed by atoms with Crippen LogP contribution in [-0.2, 0) is 9.53 Å². The number of aromatic nitrogens is 1. The van der Waals surface area contributed by atoms with Crippen molar-refractivity contribution in [3.63, 3.8) is 0 Å². The van der Waals surface area contributed by atoms with Crippen molar-refractivity contribution in [1.29, 1.82) is 0 Å². The third-order valence-electron chi connectivity index (χ3n) is 4.27. The number of benzene rings is 1. The van der Waals surface area contributed by atoms with E-state index in [1.807, 2.05) is 18.2 Å². The minimum Gasteiger partial charge on any atom is -0.469 e. The maximum Gasteiger partial charge on any atom is 0.317 e. The van der Waals surface area contributed by atoms with E-state index in [2.05, 4.69) is 16.1 Å². The molecule has 0 aliphatic carbocycles. The number of hydrogen-bond acceptors (Lipinski definition) is 5. The monoisotopic (exact) mass is 347 g/mol. The normalized spacial score (nSPS) is 15.5. The number of nitrogens with one attached hydrogen (secondary N) is 1. The SMILES string of the molecule is COC(=O)CCNC(=O)N1CCC(c2nc3ccccc3s2)CC1. The highest BCUT2D eigenvalue weighted by atomic mass is 32.1. The number of rotatable bonds is 4. The average Bonchev–Trinajstić information content (AvgIpc) is 3.05. The van der Waals surface area contributed by atoms with E-state index in [1.165, 1.54) is 16.8 Å². The van der Waals surface area contributed by atoms with Crippen molar-refractivity contribution >= 4 is 33.6 Å². The molecule has 0 bridgehead atoms. The number of hydrogen-bond donors (Lipinski definition) is 1. The maximum atomic E-state index is 12.1.